The molecule has 1 aliphatic rings. The van der Waals surface area contributed by atoms with Gasteiger partial charge in [0.15, 0.2) is 0 Å². The SMILES string of the molecule is Cc1ccc(NC(=O)c2cccc(S(=O)(=O)N3CCCc4ccccc43)c2)c(O)c1. The number of nitrogens with zero attached hydrogens (tertiary/aromatic N) is 1. The third-order valence-electron chi connectivity index (χ3n) is 5.15. The van der Waals surface area contributed by atoms with Gasteiger partial charge in [-0.2, -0.15) is 0 Å². The van der Waals surface area contributed by atoms with Gasteiger partial charge in [-0.3, -0.25) is 9.10 Å². The van der Waals surface area contributed by atoms with Crippen LogP contribution in [0.4, 0.5) is 11.4 Å². The molecule has 6 nitrogen and oxygen atoms in total. The summed E-state index contributed by atoms with van der Waals surface area (Å²) in [6.45, 7) is 2.23. The zero-order chi connectivity index (χ0) is 21.3. The highest BCUT2D eigenvalue weighted by Crippen LogP contribution is 2.32. The van der Waals surface area contributed by atoms with Gasteiger partial charge < -0.3 is 10.4 Å². The second kappa shape index (κ2) is 7.84. The lowest BCUT2D eigenvalue weighted by Gasteiger charge is -2.30. The summed E-state index contributed by atoms with van der Waals surface area (Å²) in [7, 11) is -3.81. The number of amides is 1. The van der Waals surface area contributed by atoms with E-state index in [-0.39, 0.29) is 21.9 Å². The highest BCUT2D eigenvalue weighted by Gasteiger charge is 2.29. The summed E-state index contributed by atoms with van der Waals surface area (Å²) in [6, 6.07) is 18.3. The number of hydrogen-bond donors (Lipinski definition) is 2. The average molecular weight is 423 g/mol. The molecule has 0 fully saturated rings. The van der Waals surface area contributed by atoms with Gasteiger partial charge in [-0.1, -0.05) is 30.3 Å². The maximum Gasteiger partial charge on any atom is 0.264 e. The summed E-state index contributed by atoms with van der Waals surface area (Å²) in [5.74, 6) is -0.540. The first-order chi connectivity index (χ1) is 14.4. The molecule has 0 unspecified atom stereocenters. The number of sulfonamides is 1. The molecule has 0 aromatic heterocycles. The fraction of sp³-hybridized carbons (Fsp3) is 0.174. The topological polar surface area (TPSA) is 86.7 Å². The van der Waals surface area contributed by atoms with Crippen molar-refractivity contribution in [3.8, 4) is 5.75 Å². The second-order valence-corrected chi connectivity index (χ2v) is 9.17. The first-order valence-corrected chi connectivity index (χ1v) is 11.1. The number of nitrogens with one attached hydrogen (secondary N) is 1. The quantitative estimate of drug-likeness (QED) is 0.620. The van der Waals surface area contributed by atoms with E-state index in [1.807, 2.05) is 31.2 Å². The molecule has 1 aliphatic heterocycles. The van der Waals surface area contributed by atoms with Crippen LogP contribution in [-0.2, 0) is 16.4 Å². The van der Waals surface area contributed by atoms with Crippen molar-refractivity contribution >= 4 is 27.3 Å². The largest absolute Gasteiger partial charge is 0.506 e. The molecule has 0 saturated carbocycles. The van der Waals surface area contributed by atoms with Crippen molar-refractivity contribution in [2.75, 3.05) is 16.2 Å². The van der Waals surface area contributed by atoms with Crippen LogP contribution < -0.4 is 9.62 Å². The Balaban J connectivity index is 1.64. The predicted molar refractivity (Wildman–Crippen MR) is 117 cm³/mol. The normalized spacial score (nSPS) is 13.6. The molecule has 0 atom stereocenters. The predicted octanol–water partition coefficient (Wildman–Crippen LogP) is 4.09. The first-order valence-electron chi connectivity index (χ1n) is 9.68. The molecule has 3 aromatic carbocycles. The Morgan fingerprint density at radius 2 is 1.83 bits per heavy atom. The molecule has 0 radical (unpaired) electrons. The number of phenolic OH excluding ortho intramolecular Hbond substituents is 1. The van der Waals surface area contributed by atoms with Crippen molar-refractivity contribution < 1.29 is 18.3 Å². The van der Waals surface area contributed by atoms with Crippen LogP contribution >= 0.6 is 0 Å². The fourth-order valence-electron chi connectivity index (χ4n) is 3.62. The van der Waals surface area contributed by atoms with Gasteiger partial charge in [0.05, 0.1) is 16.3 Å². The van der Waals surface area contributed by atoms with Crippen molar-refractivity contribution in [2.45, 2.75) is 24.7 Å². The third kappa shape index (κ3) is 3.76. The van der Waals surface area contributed by atoms with E-state index in [1.165, 1.54) is 16.4 Å². The molecule has 30 heavy (non-hydrogen) atoms. The Labute approximate surface area is 175 Å². The molecule has 0 saturated heterocycles. The van der Waals surface area contributed by atoms with E-state index >= 15 is 0 Å². The summed E-state index contributed by atoms with van der Waals surface area (Å²) < 4.78 is 28.1. The zero-order valence-electron chi connectivity index (χ0n) is 16.5. The highest BCUT2D eigenvalue weighted by molar-refractivity contribution is 7.92. The number of carbonyl (C=O) groups is 1. The molecule has 0 bridgehead atoms. The maximum atomic E-state index is 13.3. The van der Waals surface area contributed by atoms with Crippen molar-refractivity contribution in [3.63, 3.8) is 0 Å². The highest BCUT2D eigenvalue weighted by atomic mass is 32.2. The number of hydrogen-bond acceptors (Lipinski definition) is 4. The maximum absolute atomic E-state index is 13.3. The number of aromatic hydroxyl groups is 1. The minimum absolute atomic E-state index is 0.0444. The molecule has 154 valence electrons. The molecular weight excluding hydrogens is 400 g/mol. The number of phenols is 1. The van der Waals surface area contributed by atoms with Gasteiger partial charge >= 0.3 is 0 Å². The fourth-order valence-corrected chi connectivity index (χ4v) is 5.20. The number of fused-ring (bicyclic) bond motifs is 1. The zero-order valence-corrected chi connectivity index (χ0v) is 17.3. The Morgan fingerprint density at radius 1 is 1.03 bits per heavy atom. The molecule has 4 rings (SSSR count). The summed E-state index contributed by atoms with van der Waals surface area (Å²) in [5, 5.41) is 12.6. The van der Waals surface area contributed by atoms with Gasteiger partial charge in [-0.15, -0.1) is 0 Å². The van der Waals surface area contributed by atoms with Crippen molar-refractivity contribution in [3.05, 3.63) is 83.4 Å². The Morgan fingerprint density at radius 3 is 2.63 bits per heavy atom. The molecule has 2 N–H and O–H groups in total. The number of carbonyl (C=O) groups excluding carboxylic acids is 1. The minimum atomic E-state index is -3.81. The van der Waals surface area contributed by atoms with Gasteiger partial charge in [0, 0.05) is 12.1 Å². The van der Waals surface area contributed by atoms with E-state index in [2.05, 4.69) is 5.32 Å². The second-order valence-electron chi connectivity index (χ2n) is 7.31. The molecule has 7 heteroatoms. The van der Waals surface area contributed by atoms with Crippen molar-refractivity contribution in [1.29, 1.82) is 0 Å². The van der Waals surface area contributed by atoms with Gasteiger partial charge in [-0.05, 0) is 67.3 Å². The lowest BCUT2D eigenvalue weighted by molar-refractivity contribution is 0.102. The molecule has 0 spiro atoms. The smallest absolute Gasteiger partial charge is 0.264 e. The summed E-state index contributed by atoms with van der Waals surface area (Å²) in [5.41, 5.74) is 3.00. The monoisotopic (exact) mass is 422 g/mol. The lowest BCUT2D eigenvalue weighted by Crippen LogP contribution is -2.35. The van der Waals surface area contributed by atoms with Gasteiger partial charge in [0.1, 0.15) is 5.75 Å². The Kier molecular flexibility index (Phi) is 5.22. The van der Waals surface area contributed by atoms with Crippen LogP contribution in [0.2, 0.25) is 0 Å². The van der Waals surface area contributed by atoms with Crippen molar-refractivity contribution in [1.82, 2.24) is 0 Å². The van der Waals surface area contributed by atoms with Crippen LogP contribution in [0.3, 0.4) is 0 Å². The van der Waals surface area contributed by atoms with E-state index in [1.54, 1.807) is 30.3 Å². The van der Waals surface area contributed by atoms with Crippen LogP contribution in [0.1, 0.15) is 27.9 Å². The Hall–Kier alpha value is -3.32. The molecular formula is C23H22N2O4S. The van der Waals surface area contributed by atoms with Crippen LogP contribution in [0.15, 0.2) is 71.6 Å². The minimum Gasteiger partial charge on any atom is -0.506 e. The third-order valence-corrected chi connectivity index (χ3v) is 6.96. The standard InChI is InChI=1S/C23H22N2O4S/c1-16-11-12-20(22(26)14-16)24-23(27)18-7-4-9-19(15-18)30(28,29)25-13-5-8-17-6-2-3-10-21(17)25/h2-4,6-7,9-12,14-15,26H,5,8,13H2,1H3,(H,24,27). The lowest BCUT2D eigenvalue weighted by atomic mass is 10.0. The van der Waals surface area contributed by atoms with Gasteiger partial charge in [0.25, 0.3) is 15.9 Å². The number of anilines is 2. The van der Waals surface area contributed by atoms with Crippen LogP contribution in [0, 0.1) is 6.92 Å². The summed E-state index contributed by atoms with van der Waals surface area (Å²) in [4.78, 5) is 12.7. The van der Waals surface area contributed by atoms with Crippen LogP contribution in [0.25, 0.3) is 0 Å². The summed E-state index contributed by atoms with van der Waals surface area (Å²) in [6.07, 6.45) is 1.58. The van der Waals surface area contributed by atoms with Gasteiger partial charge in [-0.25, -0.2) is 8.42 Å². The number of rotatable bonds is 4. The summed E-state index contributed by atoms with van der Waals surface area (Å²) >= 11 is 0. The van der Waals surface area contributed by atoms with E-state index in [0.717, 1.165) is 24.0 Å². The van der Waals surface area contributed by atoms with E-state index < -0.39 is 15.9 Å². The number of para-hydroxylation sites is 1. The molecule has 1 amide bonds. The molecule has 3 aromatic rings. The van der Waals surface area contributed by atoms with Crippen LogP contribution in [0.5, 0.6) is 5.75 Å². The van der Waals surface area contributed by atoms with Crippen molar-refractivity contribution in [2.24, 2.45) is 0 Å². The number of benzene rings is 3. The Bertz CT molecular complexity index is 1220. The average Bonchev–Trinajstić information content (AvgIpc) is 2.75. The van der Waals surface area contributed by atoms with Crippen LogP contribution in [-0.4, -0.2) is 26.0 Å². The van der Waals surface area contributed by atoms with E-state index in [4.69, 9.17) is 0 Å². The molecule has 1 heterocycles. The number of aryl methyl sites for hydroxylation is 2. The van der Waals surface area contributed by atoms with E-state index in [9.17, 15) is 18.3 Å². The van der Waals surface area contributed by atoms with E-state index in [0.29, 0.717) is 12.2 Å². The molecule has 0 aliphatic carbocycles. The first kappa shape index (κ1) is 20.0. The van der Waals surface area contributed by atoms with Gasteiger partial charge in [0.2, 0.25) is 0 Å².